The van der Waals surface area contributed by atoms with Gasteiger partial charge in [-0.3, -0.25) is 9.69 Å². The molecule has 1 saturated heterocycles. The Labute approximate surface area is 160 Å². The molecule has 6 nitrogen and oxygen atoms in total. The van der Waals surface area contributed by atoms with Crippen molar-refractivity contribution in [2.75, 3.05) is 39.4 Å². The monoisotopic (exact) mass is 395 g/mol. The van der Waals surface area contributed by atoms with Crippen LogP contribution in [0.3, 0.4) is 0 Å². The number of halogens is 3. The first-order valence-electron chi connectivity index (χ1n) is 8.81. The molecule has 2 aromatic rings. The number of rotatable bonds is 6. The number of alkyl halides is 3. The van der Waals surface area contributed by atoms with Crippen LogP contribution in [-0.2, 0) is 10.9 Å². The topological polar surface area (TPSA) is 63.7 Å². The van der Waals surface area contributed by atoms with E-state index < -0.39 is 11.7 Å². The summed E-state index contributed by atoms with van der Waals surface area (Å²) in [4.78, 5) is 18.0. The number of nitrogens with one attached hydrogen (secondary N) is 1. The van der Waals surface area contributed by atoms with Crippen molar-refractivity contribution in [3.8, 4) is 11.6 Å². The van der Waals surface area contributed by atoms with E-state index in [0.29, 0.717) is 37.3 Å². The van der Waals surface area contributed by atoms with Crippen molar-refractivity contribution >= 4 is 5.91 Å². The van der Waals surface area contributed by atoms with Crippen LogP contribution in [-0.4, -0.2) is 55.2 Å². The third-order valence-corrected chi connectivity index (χ3v) is 4.22. The first-order chi connectivity index (χ1) is 13.4. The Kier molecular flexibility index (Phi) is 6.48. The largest absolute Gasteiger partial charge is 0.439 e. The minimum atomic E-state index is -4.44. The standard InChI is InChI=1S/C19H20F3N3O3/c20-19(21,22)15-3-6-17(24-13-15)28-16-4-1-14(2-5-16)18(26)23-7-8-25-9-11-27-12-10-25/h1-6,13H,7-12H2,(H,23,26). The fourth-order valence-corrected chi connectivity index (χ4v) is 2.66. The fourth-order valence-electron chi connectivity index (χ4n) is 2.66. The Morgan fingerprint density at radius 1 is 1.14 bits per heavy atom. The normalized spacial score (nSPS) is 15.2. The van der Waals surface area contributed by atoms with E-state index in [-0.39, 0.29) is 11.8 Å². The van der Waals surface area contributed by atoms with E-state index in [1.54, 1.807) is 24.3 Å². The third-order valence-electron chi connectivity index (χ3n) is 4.22. The van der Waals surface area contributed by atoms with Gasteiger partial charge in [0.1, 0.15) is 5.75 Å². The predicted molar refractivity (Wildman–Crippen MR) is 95.3 cm³/mol. The second-order valence-corrected chi connectivity index (χ2v) is 6.22. The van der Waals surface area contributed by atoms with E-state index in [1.807, 2.05) is 0 Å². The Bertz CT molecular complexity index is 774. The number of nitrogens with zero attached hydrogens (tertiary/aromatic N) is 2. The van der Waals surface area contributed by atoms with Crippen LogP contribution in [0.2, 0.25) is 0 Å². The van der Waals surface area contributed by atoms with E-state index >= 15 is 0 Å². The molecule has 1 aromatic carbocycles. The molecule has 150 valence electrons. The van der Waals surface area contributed by atoms with Crippen molar-refractivity contribution in [3.05, 3.63) is 53.7 Å². The summed E-state index contributed by atoms with van der Waals surface area (Å²) in [5, 5.41) is 2.85. The van der Waals surface area contributed by atoms with Crippen molar-refractivity contribution in [2.45, 2.75) is 6.18 Å². The van der Waals surface area contributed by atoms with Crippen molar-refractivity contribution in [1.29, 1.82) is 0 Å². The molecule has 1 N–H and O–H groups in total. The average molecular weight is 395 g/mol. The van der Waals surface area contributed by atoms with Gasteiger partial charge in [0.05, 0.1) is 18.8 Å². The van der Waals surface area contributed by atoms with Crippen molar-refractivity contribution in [3.63, 3.8) is 0 Å². The molecule has 0 saturated carbocycles. The second kappa shape index (κ2) is 9.03. The predicted octanol–water partition coefficient (Wildman–Crippen LogP) is 2.95. The molecule has 3 rings (SSSR count). The van der Waals surface area contributed by atoms with Gasteiger partial charge in [0, 0.05) is 44.0 Å². The summed E-state index contributed by atoms with van der Waals surface area (Å²) in [6, 6.07) is 8.35. The lowest BCUT2D eigenvalue weighted by molar-refractivity contribution is -0.137. The zero-order chi connectivity index (χ0) is 20.0. The molecule has 1 fully saturated rings. The Morgan fingerprint density at radius 3 is 2.46 bits per heavy atom. The van der Waals surface area contributed by atoms with Crippen LogP contribution in [0, 0.1) is 0 Å². The van der Waals surface area contributed by atoms with Crippen LogP contribution in [0.4, 0.5) is 13.2 Å². The summed E-state index contributed by atoms with van der Waals surface area (Å²) in [5.74, 6) is 0.209. The zero-order valence-corrected chi connectivity index (χ0v) is 15.0. The SMILES string of the molecule is O=C(NCCN1CCOCC1)c1ccc(Oc2ccc(C(F)(F)F)cn2)cc1. The van der Waals surface area contributed by atoms with Crippen molar-refractivity contribution in [2.24, 2.45) is 0 Å². The van der Waals surface area contributed by atoms with Crippen LogP contribution in [0.25, 0.3) is 0 Å². The molecule has 1 aliphatic heterocycles. The van der Waals surface area contributed by atoms with Gasteiger partial charge >= 0.3 is 6.18 Å². The molecule has 2 heterocycles. The molecular formula is C19H20F3N3O3. The molecule has 9 heteroatoms. The Balaban J connectivity index is 1.49. The minimum Gasteiger partial charge on any atom is -0.439 e. The van der Waals surface area contributed by atoms with Crippen LogP contribution in [0.1, 0.15) is 15.9 Å². The molecule has 1 aromatic heterocycles. The van der Waals surface area contributed by atoms with Crippen molar-refractivity contribution in [1.82, 2.24) is 15.2 Å². The number of carbonyl (C=O) groups is 1. The molecule has 0 spiro atoms. The van der Waals surface area contributed by atoms with E-state index in [1.165, 1.54) is 0 Å². The van der Waals surface area contributed by atoms with Gasteiger partial charge in [-0.05, 0) is 30.3 Å². The number of hydrogen-bond acceptors (Lipinski definition) is 5. The molecule has 0 bridgehead atoms. The smallest absolute Gasteiger partial charge is 0.417 e. The molecule has 0 unspecified atom stereocenters. The summed E-state index contributed by atoms with van der Waals surface area (Å²) in [6.07, 6.45) is -3.73. The lowest BCUT2D eigenvalue weighted by Crippen LogP contribution is -2.41. The first kappa shape index (κ1) is 20.1. The fraction of sp³-hybridized carbons (Fsp3) is 0.368. The average Bonchev–Trinajstić information content (AvgIpc) is 2.69. The number of amides is 1. The number of aromatic nitrogens is 1. The number of ether oxygens (including phenoxy) is 2. The quantitative estimate of drug-likeness (QED) is 0.815. The molecule has 0 atom stereocenters. The van der Waals surface area contributed by atoms with Gasteiger partial charge in [-0.1, -0.05) is 0 Å². The molecule has 0 radical (unpaired) electrons. The highest BCUT2D eigenvalue weighted by Crippen LogP contribution is 2.30. The number of carbonyl (C=O) groups excluding carboxylic acids is 1. The highest BCUT2D eigenvalue weighted by molar-refractivity contribution is 5.94. The van der Waals surface area contributed by atoms with Gasteiger partial charge < -0.3 is 14.8 Å². The number of morpholine rings is 1. The highest BCUT2D eigenvalue weighted by atomic mass is 19.4. The van der Waals surface area contributed by atoms with E-state index in [4.69, 9.17) is 9.47 Å². The van der Waals surface area contributed by atoms with Crippen LogP contribution < -0.4 is 10.1 Å². The number of pyridine rings is 1. The molecule has 0 aliphatic carbocycles. The van der Waals surface area contributed by atoms with E-state index in [2.05, 4.69) is 15.2 Å². The van der Waals surface area contributed by atoms with Crippen molar-refractivity contribution < 1.29 is 27.4 Å². The summed E-state index contributed by atoms with van der Waals surface area (Å²) >= 11 is 0. The lowest BCUT2D eigenvalue weighted by atomic mass is 10.2. The van der Waals surface area contributed by atoms with Gasteiger partial charge in [-0.15, -0.1) is 0 Å². The van der Waals surface area contributed by atoms with E-state index in [9.17, 15) is 18.0 Å². The summed E-state index contributed by atoms with van der Waals surface area (Å²) in [7, 11) is 0. The molecule has 28 heavy (non-hydrogen) atoms. The summed E-state index contributed by atoms with van der Waals surface area (Å²) in [5.41, 5.74) is -0.376. The molecular weight excluding hydrogens is 375 g/mol. The maximum absolute atomic E-state index is 12.5. The summed E-state index contributed by atoms with van der Waals surface area (Å²) in [6.45, 7) is 4.44. The maximum Gasteiger partial charge on any atom is 0.417 e. The van der Waals surface area contributed by atoms with Gasteiger partial charge in [0.15, 0.2) is 0 Å². The molecule has 1 aliphatic rings. The van der Waals surface area contributed by atoms with Crippen LogP contribution in [0.15, 0.2) is 42.6 Å². The summed E-state index contributed by atoms with van der Waals surface area (Å²) < 4.78 is 48.3. The van der Waals surface area contributed by atoms with Gasteiger partial charge in [-0.25, -0.2) is 4.98 Å². The Morgan fingerprint density at radius 2 is 1.86 bits per heavy atom. The first-order valence-corrected chi connectivity index (χ1v) is 8.81. The second-order valence-electron chi connectivity index (χ2n) is 6.22. The minimum absolute atomic E-state index is 0.0377. The van der Waals surface area contributed by atoms with Crippen LogP contribution in [0.5, 0.6) is 11.6 Å². The zero-order valence-electron chi connectivity index (χ0n) is 15.0. The van der Waals surface area contributed by atoms with Gasteiger partial charge in [-0.2, -0.15) is 13.2 Å². The molecule has 1 amide bonds. The Hall–Kier alpha value is -2.65. The lowest BCUT2D eigenvalue weighted by Gasteiger charge is -2.26. The van der Waals surface area contributed by atoms with Crippen LogP contribution >= 0.6 is 0 Å². The van der Waals surface area contributed by atoms with Gasteiger partial charge in [0.2, 0.25) is 5.88 Å². The third kappa shape index (κ3) is 5.67. The maximum atomic E-state index is 12.5. The van der Waals surface area contributed by atoms with Gasteiger partial charge in [0.25, 0.3) is 5.91 Å². The van der Waals surface area contributed by atoms with E-state index in [0.717, 1.165) is 31.8 Å². The number of benzene rings is 1. The number of hydrogen-bond donors (Lipinski definition) is 1. The highest BCUT2D eigenvalue weighted by Gasteiger charge is 2.30.